The van der Waals surface area contributed by atoms with Gasteiger partial charge >= 0.3 is 0 Å². The van der Waals surface area contributed by atoms with Gasteiger partial charge in [0.05, 0.1) is 25.4 Å². The van der Waals surface area contributed by atoms with E-state index in [-0.39, 0.29) is 0 Å². The second kappa shape index (κ2) is 3.11. The van der Waals surface area contributed by atoms with Crippen LogP contribution in [0.3, 0.4) is 0 Å². The van der Waals surface area contributed by atoms with Crippen molar-refractivity contribution < 1.29 is 9.47 Å². The van der Waals surface area contributed by atoms with Crippen LogP contribution in [0.25, 0.3) is 0 Å². The summed E-state index contributed by atoms with van der Waals surface area (Å²) < 4.78 is 10.3. The molecule has 2 fully saturated rings. The molecule has 0 amide bonds. The number of hydrogen-bond donors (Lipinski definition) is 0. The number of ether oxygens (including phenoxy) is 2. The average molecular weight is 155 g/mol. The van der Waals surface area contributed by atoms with Crippen molar-refractivity contribution in [2.75, 3.05) is 13.2 Å². The lowest BCUT2D eigenvalue weighted by Crippen LogP contribution is -2.01. The van der Waals surface area contributed by atoms with E-state index < -0.39 is 0 Å². The smallest absolute Gasteiger partial charge is 0.0812 e. The van der Waals surface area contributed by atoms with Gasteiger partial charge in [-0.05, 0) is 25.2 Å². The fourth-order valence-corrected chi connectivity index (χ4v) is 1.35. The summed E-state index contributed by atoms with van der Waals surface area (Å²) in [6.07, 6.45) is 4.65. The molecule has 2 nitrogen and oxygen atoms in total. The summed E-state index contributed by atoms with van der Waals surface area (Å²) in [4.78, 5) is 0. The number of hydrogen-bond acceptors (Lipinski definition) is 2. The van der Waals surface area contributed by atoms with Gasteiger partial charge in [-0.15, -0.1) is 0 Å². The Hall–Kier alpha value is -0.0800. The molecule has 0 aromatic rings. The van der Waals surface area contributed by atoms with Gasteiger partial charge in [-0.25, -0.2) is 0 Å². The molecule has 11 heavy (non-hydrogen) atoms. The molecule has 1 radical (unpaired) electrons. The molecule has 0 bridgehead atoms. The first-order valence-corrected chi connectivity index (χ1v) is 4.41. The van der Waals surface area contributed by atoms with Crippen LogP contribution in [0.15, 0.2) is 0 Å². The van der Waals surface area contributed by atoms with Gasteiger partial charge < -0.3 is 9.47 Å². The summed E-state index contributed by atoms with van der Waals surface area (Å²) in [5.74, 6) is 0.576. The molecule has 2 aliphatic rings. The summed E-state index contributed by atoms with van der Waals surface area (Å²) in [5.41, 5.74) is 0. The zero-order chi connectivity index (χ0) is 7.68. The van der Waals surface area contributed by atoms with Crippen LogP contribution in [-0.4, -0.2) is 25.4 Å². The normalized spacial score (nSPS) is 36.8. The summed E-state index contributed by atoms with van der Waals surface area (Å²) >= 11 is 0. The van der Waals surface area contributed by atoms with Gasteiger partial charge in [-0.1, -0.05) is 6.92 Å². The molecule has 3 unspecified atom stereocenters. The van der Waals surface area contributed by atoms with E-state index in [9.17, 15) is 0 Å². The van der Waals surface area contributed by atoms with Crippen molar-refractivity contribution in [1.82, 2.24) is 0 Å². The maximum Gasteiger partial charge on any atom is 0.0812 e. The van der Waals surface area contributed by atoms with Crippen molar-refractivity contribution in [3.63, 3.8) is 0 Å². The first-order valence-electron chi connectivity index (χ1n) is 4.41. The third-order valence-electron chi connectivity index (χ3n) is 2.30. The highest BCUT2D eigenvalue weighted by Crippen LogP contribution is 2.25. The Morgan fingerprint density at radius 2 is 1.91 bits per heavy atom. The second-order valence-electron chi connectivity index (χ2n) is 3.59. The van der Waals surface area contributed by atoms with Crippen molar-refractivity contribution in [3.8, 4) is 0 Å². The van der Waals surface area contributed by atoms with Crippen LogP contribution in [0.1, 0.15) is 19.3 Å². The number of rotatable bonds is 5. The minimum absolute atomic E-state index is 0.539. The van der Waals surface area contributed by atoms with Crippen LogP contribution in [0, 0.1) is 12.8 Å². The lowest BCUT2D eigenvalue weighted by molar-refractivity contribution is 0.344. The Bertz CT molecular complexity index is 128. The average Bonchev–Trinajstić information content (AvgIpc) is 2.80. The molecular weight excluding hydrogens is 140 g/mol. The first-order chi connectivity index (χ1) is 5.34. The molecule has 0 aliphatic carbocycles. The van der Waals surface area contributed by atoms with Crippen LogP contribution in [0.2, 0.25) is 0 Å². The summed E-state index contributed by atoms with van der Waals surface area (Å²) in [6, 6.07) is 0. The van der Waals surface area contributed by atoms with E-state index in [1.165, 1.54) is 12.8 Å². The maximum atomic E-state index is 5.13. The SMILES string of the molecule is [CH2]C(CCC1CO1)CC1CO1. The van der Waals surface area contributed by atoms with Gasteiger partial charge in [0.25, 0.3) is 0 Å². The Morgan fingerprint density at radius 1 is 1.27 bits per heavy atom. The Morgan fingerprint density at radius 3 is 2.45 bits per heavy atom. The van der Waals surface area contributed by atoms with E-state index >= 15 is 0 Å². The highest BCUT2D eigenvalue weighted by molar-refractivity contribution is 4.78. The van der Waals surface area contributed by atoms with E-state index in [1.807, 2.05) is 0 Å². The predicted molar refractivity (Wildman–Crippen MR) is 42.2 cm³/mol. The molecule has 0 saturated carbocycles. The van der Waals surface area contributed by atoms with E-state index in [0.29, 0.717) is 18.1 Å². The highest BCUT2D eigenvalue weighted by atomic mass is 16.6. The zero-order valence-corrected chi connectivity index (χ0v) is 6.79. The summed E-state index contributed by atoms with van der Waals surface area (Å²) in [7, 11) is 0. The van der Waals surface area contributed by atoms with Gasteiger partial charge in [0.2, 0.25) is 0 Å². The highest BCUT2D eigenvalue weighted by Gasteiger charge is 2.27. The third kappa shape index (κ3) is 2.80. The third-order valence-corrected chi connectivity index (χ3v) is 2.30. The van der Waals surface area contributed by atoms with Gasteiger partial charge in [-0.2, -0.15) is 0 Å². The van der Waals surface area contributed by atoms with E-state index in [2.05, 4.69) is 6.92 Å². The molecule has 3 atom stereocenters. The van der Waals surface area contributed by atoms with Gasteiger partial charge in [0.1, 0.15) is 0 Å². The fourth-order valence-electron chi connectivity index (χ4n) is 1.35. The first kappa shape index (κ1) is 7.56. The molecule has 2 heteroatoms. The van der Waals surface area contributed by atoms with Crippen LogP contribution in [0.5, 0.6) is 0 Å². The maximum absolute atomic E-state index is 5.13. The molecular formula is C9H15O2. The summed E-state index contributed by atoms with van der Waals surface area (Å²) in [5, 5.41) is 0. The monoisotopic (exact) mass is 155 g/mol. The quantitative estimate of drug-likeness (QED) is 0.561. The molecule has 0 aromatic carbocycles. The van der Waals surface area contributed by atoms with E-state index in [4.69, 9.17) is 9.47 Å². The Kier molecular flexibility index (Phi) is 2.14. The second-order valence-corrected chi connectivity index (χ2v) is 3.59. The standard InChI is InChI=1S/C9H15O2/c1-7(4-9-6-11-9)2-3-8-5-10-8/h7-9H,1-6H2. The van der Waals surface area contributed by atoms with Gasteiger partial charge in [0.15, 0.2) is 0 Å². The van der Waals surface area contributed by atoms with Gasteiger partial charge in [0, 0.05) is 0 Å². The zero-order valence-electron chi connectivity index (χ0n) is 6.79. The summed E-state index contributed by atoms with van der Waals surface area (Å²) in [6.45, 7) is 6.03. The number of epoxide rings is 2. The fraction of sp³-hybridized carbons (Fsp3) is 0.889. The molecule has 2 aliphatic heterocycles. The molecule has 2 heterocycles. The van der Waals surface area contributed by atoms with Crippen molar-refractivity contribution >= 4 is 0 Å². The van der Waals surface area contributed by atoms with E-state index in [1.54, 1.807) is 0 Å². The minimum atomic E-state index is 0.539. The molecule has 0 aromatic heterocycles. The van der Waals surface area contributed by atoms with Crippen LogP contribution in [0.4, 0.5) is 0 Å². The molecule has 0 spiro atoms. The molecule has 63 valence electrons. The lowest BCUT2D eigenvalue weighted by Gasteiger charge is -2.06. The van der Waals surface area contributed by atoms with Crippen molar-refractivity contribution in [2.24, 2.45) is 5.92 Å². The van der Waals surface area contributed by atoms with E-state index in [0.717, 1.165) is 19.6 Å². The Balaban J connectivity index is 1.52. The van der Waals surface area contributed by atoms with Crippen LogP contribution in [-0.2, 0) is 9.47 Å². The van der Waals surface area contributed by atoms with Crippen LogP contribution >= 0.6 is 0 Å². The Labute approximate surface area is 67.9 Å². The minimum Gasteiger partial charge on any atom is -0.373 e. The van der Waals surface area contributed by atoms with Crippen molar-refractivity contribution in [1.29, 1.82) is 0 Å². The molecule has 2 saturated heterocycles. The largest absolute Gasteiger partial charge is 0.373 e. The van der Waals surface area contributed by atoms with Crippen molar-refractivity contribution in [2.45, 2.75) is 31.5 Å². The lowest BCUT2D eigenvalue weighted by atomic mass is 9.99. The molecule has 0 N–H and O–H groups in total. The van der Waals surface area contributed by atoms with Crippen LogP contribution < -0.4 is 0 Å². The molecule has 2 rings (SSSR count). The van der Waals surface area contributed by atoms with Gasteiger partial charge in [-0.3, -0.25) is 0 Å². The topological polar surface area (TPSA) is 25.1 Å². The van der Waals surface area contributed by atoms with Crippen molar-refractivity contribution in [3.05, 3.63) is 6.92 Å². The predicted octanol–water partition coefficient (Wildman–Crippen LogP) is 1.40.